The fourth-order valence-electron chi connectivity index (χ4n) is 1.60. The maximum Gasteiger partial charge on any atom is 0.416 e. The minimum Gasteiger partial charge on any atom is -0.467 e. The van der Waals surface area contributed by atoms with Gasteiger partial charge < -0.3 is 4.74 Å². The van der Waals surface area contributed by atoms with E-state index in [0.717, 1.165) is 12.1 Å². The molecule has 0 fully saturated rings. The van der Waals surface area contributed by atoms with Crippen LogP contribution in [-0.2, 0) is 20.5 Å². The summed E-state index contributed by atoms with van der Waals surface area (Å²) in [4.78, 5) is 16.1. The number of ether oxygens (including phenoxy) is 1. The van der Waals surface area contributed by atoms with Crippen LogP contribution >= 0.6 is 0 Å². The van der Waals surface area contributed by atoms with Crippen LogP contribution in [0.4, 0.5) is 13.2 Å². The van der Waals surface area contributed by atoms with Gasteiger partial charge in [-0.3, -0.25) is 10.3 Å². The van der Waals surface area contributed by atoms with Crippen molar-refractivity contribution in [1.29, 1.82) is 0 Å². The molecule has 0 amide bonds. The van der Waals surface area contributed by atoms with Gasteiger partial charge in [0.1, 0.15) is 0 Å². The summed E-state index contributed by atoms with van der Waals surface area (Å²) in [6.45, 7) is 0. The van der Waals surface area contributed by atoms with Crippen LogP contribution in [0.5, 0.6) is 0 Å². The van der Waals surface area contributed by atoms with Crippen LogP contribution in [0.25, 0.3) is 5.70 Å². The van der Waals surface area contributed by atoms with E-state index in [-0.39, 0.29) is 5.56 Å². The summed E-state index contributed by atoms with van der Waals surface area (Å²) in [5, 5.41) is 0. The lowest BCUT2D eigenvalue weighted by Crippen LogP contribution is -2.22. The summed E-state index contributed by atoms with van der Waals surface area (Å²) in [5.41, 5.74) is 2.21. The Balaban J connectivity index is 2.26. The Hall–Kier alpha value is -2.02. The Morgan fingerprint density at radius 1 is 1.42 bits per heavy atom. The Morgan fingerprint density at radius 2 is 2.16 bits per heavy atom. The quantitative estimate of drug-likeness (QED) is 0.838. The van der Waals surface area contributed by atoms with Gasteiger partial charge in [-0.2, -0.15) is 13.2 Å². The van der Waals surface area contributed by atoms with E-state index in [9.17, 15) is 18.0 Å². The number of carbonyl (C=O) groups excluding carboxylic acids is 1. The number of alkyl halides is 3. The van der Waals surface area contributed by atoms with Crippen molar-refractivity contribution in [1.82, 2.24) is 5.48 Å². The SMILES string of the molecule is COC(=O)C1C=C(c2cccc(C(F)(F)F)c2)NO1. The van der Waals surface area contributed by atoms with E-state index in [1.165, 1.54) is 25.3 Å². The largest absolute Gasteiger partial charge is 0.467 e. The number of esters is 1. The highest BCUT2D eigenvalue weighted by Gasteiger charge is 2.31. The monoisotopic (exact) mass is 273 g/mol. The fraction of sp³-hybridized carbons (Fsp3) is 0.250. The third-order valence-electron chi connectivity index (χ3n) is 2.55. The van der Waals surface area contributed by atoms with Gasteiger partial charge in [0.25, 0.3) is 0 Å². The number of hydrogen-bond donors (Lipinski definition) is 1. The lowest BCUT2D eigenvalue weighted by molar-refractivity contribution is -0.152. The van der Waals surface area contributed by atoms with Gasteiger partial charge in [-0.15, -0.1) is 0 Å². The van der Waals surface area contributed by atoms with Crippen LogP contribution in [0, 0.1) is 0 Å². The summed E-state index contributed by atoms with van der Waals surface area (Å²) in [5.74, 6) is -0.630. The standard InChI is InChI=1S/C12H10F3NO3/c1-18-11(17)10-6-9(16-19-10)7-3-2-4-8(5-7)12(13,14)15/h2-6,10,16H,1H3. The molecule has 1 aromatic carbocycles. The van der Waals surface area contributed by atoms with Crippen molar-refractivity contribution in [2.24, 2.45) is 0 Å². The van der Waals surface area contributed by atoms with E-state index in [4.69, 9.17) is 4.84 Å². The molecule has 0 radical (unpaired) electrons. The number of nitrogens with one attached hydrogen (secondary N) is 1. The first-order valence-corrected chi connectivity index (χ1v) is 5.31. The summed E-state index contributed by atoms with van der Waals surface area (Å²) in [6.07, 6.45) is -4.02. The second kappa shape index (κ2) is 4.93. The molecule has 0 saturated heterocycles. The second-order valence-electron chi connectivity index (χ2n) is 3.82. The van der Waals surface area contributed by atoms with Gasteiger partial charge in [0.15, 0.2) is 0 Å². The number of halogens is 3. The first-order valence-electron chi connectivity index (χ1n) is 5.31. The van der Waals surface area contributed by atoms with Crippen molar-refractivity contribution in [2.45, 2.75) is 12.3 Å². The summed E-state index contributed by atoms with van der Waals surface area (Å²) < 4.78 is 42.2. The smallest absolute Gasteiger partial charge is 0.416 e. The number of benzene rings is 1. The van der Waals surface area contributed by atoms with Crippen molar-refractivity contribution in [3.8, 4) is 0 Å². The predicted molar refractivity (Wildman–Crippen MR) is 59.4 cm³/mol. The first kappa shape index (κ1) is 13.4. The molecule has 0 aliphatic carbocycles. The van der Waals surface area contributed by atoms with Gasteiger partial charge in [0, 0.05) is 5.56 Å². The molecule has 102 valence electrons. The number of carbonyl (C=O) groups is 1. The molecule has 1 unspecified atom stereocenters. The third kappa shape index (κ3) is 2.87. The van der Waals surface area contributed by atoms with Gasteiger partial charge >= 0.3 is 12.1 Å². The zero-order valence-corrected chi connectivity index (χ0v) is 9.82. The van der Waals surface area contributed by atoms with Crippen molar-refractivity contribution >= 4 is 11.7 Å². The molecule has 0 bridgehead atoms. The molecular weight excluding hydrogens is 263 g/mol. The van der Waals surface area contributed by atoms with Gasteiger partial charge in [0.05, 0.1) is 18.4 Å². The molecule has 4 nitrogen and oxygen atoms in total. The molecule has 1 N–H and O–H groups in total. The van der Waals surface area contributed by atoms with Gasteiger partial charge in [-0.05, 0) is 18.2 Å². The summed E-state index contributed by atoms with van der Waals surface area (Å²) in [7, 11) is 1.20. The van der Waals surface area contributed by atoms with Crippen LogP contribution in [0.2, 0.25) is 0 Å². The van der Waals surface area contributed by atoms with E-state index in [1.807, 2.05) is 0 Å². The van der Waals surface area contributed by atoms with Crippen LogP contribution in [-0.4, -0.2) is 19.2 Å². The molecule has 0 spiro atoms. The highest BCUT2D eigenvalue weighted by molar-refractivity contribution is 5.81. The summed E-state index contributed by atoms with van der Waals surface area (Å²) >= 11 is 0. The highest BCUT2D eigenvalue weighted by atomic mass is 19.4. The molecule has 0 aromatic heterocycles. The third-order valence-corrected chi connectivity index (χ3v) is 2.55. The fourth-order valence-corrected chi connectivity index (χ4v) is 1.60. The van der Waals surface area contributed by atoms with Crippen LogP contribution < -0.4 is 5.48 Å². The van der Waals surface area contributed by atoms with Crippen molar-refractivity contribution in [2.75, 3.05) is 7.11 Å². The number of rotatable bonds is 2. The molecular formula is C12H10F3NO3. The Kier molecular flexibility index (Phi) is 3.48. The molecule has 1 atom stereocenters. The molecule has 1 aliphatic rings. The average molecular weight is 273 g/mol. The Bertz CT molecular complexity index is 525. The molecule has 7 heteroatoms. The summed E-state index contributed by atoms with van der Waals surface area (Å²) in [6, 6.07) is 4.71. The van der Waals surface area contributed by atoms with E-state index in [1.54, 1.807) is 0 Å². The molecule has 0 saturated carbocycles. The predicted octanol–water partition coefficient (Wildman–Crippen LogP) is 2.12. The van der Waals surface area contributed by atoms with Crippen LogP contribution in [0.3, 0.4) is 0 Å². The molecule has 1 heterocycles. The van der Waals surface area contributed by atoms with Crippen molar-refractivity contribution in [3.05, 3.63) is 41.5 Å². The lowest BCUT2D eigenvalue weighted by atomic mass is 10.1. The zero-order chi connectivity index (χ0) is 14.0. The molecule has 2 rings (SSSR count). The maximum atomic E-state index is 12.6. The van der Waals surface area contributed by atoms with E-state index >= 15 is 0 Å². The minimum atomic E-state index is -4.42. The molecule has 1 aliphatic heterocycles. The number of hydroxylamine groups is 1. The lowest BCUT2D eigenvalue weighted by Gasteiger charge is -2.09. The Labute approximate surface area is 106 Å². The van der Waals surface area contributed by atoms with Gasteiger partial charge in [0.2, 0.25) is 6.10 Å². The van der Waals surface area contributed by atoms with E-state index < -0.39 is 23.8 Å². The second-order valence-corrected chi connectivity index (χ2v) is 3.82. The van der Waals surface area contributed by atoms with Crippen LogP contribution in [0.15, 0.2) is 30.3 Å². The van der Waals surface area contributed by atoms with E-state index in [2.05, 4.69) is 10.2 Å². The maximum absolute atomic E-state index is 12.6. The van der Waals surface area contributed by atoms with Gasteiger partial charge in [-0.25, -0.2) is 4.79 Å². The average Bonchev–Trinajstić information content (AvgIpc) is 2.86. The normalized spacial score (nSPS) is 18.7. The zero-order valence-electron chi connectivity index (χ0n) is 9.82. The van der Waals surface area contributed by atoms with Crippen molar-refractivity contribution < 1.29 is 27.5 Å². The van der Waals surface area contributed by atoms with Crippen LogP contribution in [0.1, 0.15) is 11.1 Å². The molecule has 1 aromatic rings. The highest BCUT2D eigenvalue weighted by Crippen LogP contribution is 2.31. The number of hydrogen-bond acceptors (Lipinski definition) is 4. The molecule has 19 heavy (non-hydrogen) atoms. The van der Waals surface area contributed by atoms with Crippen molar-refractivity contribution in [3.63, 3.8) is 0 Å². The minimum absolute atomic E-state index is 0.279. The van der Waals surface area contributed by atoms with Gasteiger partial charge in [-0.1, -0.05) is 12.1 Å². The topological polar surface area (TPSA) is 47.6 Å². The number of methoxy groups -OCH3 is 1. The van der Waals surface area contributed by atoms with E-state index in [0.29, 0.717) is 5.70 Å². The Morgan fingerprint density at radius 3 is 2.79 bits per heavy atom. The first-order chi connectivity index (χ1) is 8.91.